The molecule has 2 rings (SSSR count). The predicted molar refractivity (Wildman–Crippen MR) is 81.0 cm³/mol. The van der Waals surface area contributed by atoms with Crippen molar-refractivity contribution in [3.8, 4) is 0 Å². The molecule has 1 N–H and O–H groups in total. The van der Waals surface area contributed by atoms with Crippen LogP contribution in [0.15, 0.2) is 12.4 Å². The van der Waals surface area contributed by atoms with Gasteiger partial charge in [0.05, 0.1) is 11.9 Å². The van der Waals surface area contributed by atoms with Crippen molar-refractivity contribution in [3.63, 3.8) is 0 Å². The van der Waals surface area contributed by atoms with Gasteiger partial charge in [-0.15, -0.1) is 0 Å². The van der Waals surface area contributed by atoms with Crippen LogP contribution in [-0.4, -0.2) is 34.2 Å². The highest BCUT2D eigenvalue weighted by molar-refractivity contribution is 6.01. The Morgan fingerprint density at radius 2 is 2.05 bits per heavy atom. The van der Waals surface area contributed by atoms with Gasteiger partial charge in [0.2, 0.25) is 11.8 Å². The molecule has 0 bridgehead atoms. The van der Waals surface area contributed by atoms with E-state index in [0.717, 1.165) is 5.69 Å². The maximum absolute atomic E-state index is 12.7. The highest BCUT2D eigenvalue weighted by Gasteiger charge is 2.31. The van der Waals surface area contributed by atoms with Gasteiger partial charge < -0.3 is 10.2 Å². The minimum atomic E-state index is -0.442. The van der Waals surface area contributed by atoms with Crippen molar-refractivity contribution in [2.45, 2.75) is 52.6 Å². The summed E-state index contributed by atoms with van der Waals surface area (Å²) in [6, 6.07) is -0.200. The quantitative estimate of drug-likeness (QED) is 0.919. The first-order valence-corrected chi connectivity index (χ1v) is 7.53. The largest absolute Gasteiger partial charge is 0.344 e. The van der Waals surface area contributed by atoms with Crippen LogP contribution < -0.4 is 10.2 Å². The average Bonchev–Trinajstić information content (AvgIpc) is 2.82. The molecule has 1 unspecified atom stereocenters. The minimum Gasteiger partial charge on any atom is -0.344 e. The van der Waals surface area contributed by atoms with Crippen LogP contribution in [0.5, 0.6) is 0 Å². The maximum atomic E-state index is 12.7. The van der Waals surface area contributed by atoms with Crippen LogP contribution in [0.25, 0.3) is 0 Å². The summed E-state index contributed by atoms with van der Waals surface area (Å²) in [7, 11) is 0. The van der Waals surface area contributed by atoms with Gasteiger partial charge in [0.1, 0.15) is 6.04 Å². The van der Waals surface area contributed by atoms with Crippen LogP contribution in [0.3, 0.4) is 0 Å². The Labute approximate surface area is 125 Å². The summed E-state index contributed by atoms with van der Waals surface area (Å²) in [5, 5.41) is 7.11. The Bertz CT molecular complexity index is 521. The molecule has 2 amide bonds. The molecule has 0 radical (unpaired) electrons. The van der Waals surface area contributed by atoms with Gasteiger partial charge in [-0.1, -0.05) is 13.8 Å². The van der Waals surface area contributed by atoms with Gasteiger partial charge in [-0.2, -0.15) is 5.10 Å². The lowest BCUT2D eigenvalue weighted by Gasteiger charge is -2.23. The van der Waals surface area contributed by atoms with Crippen LogP contribution in [0.4, 0.5) is 5.69 Å². The lowest BCUT2D eigenvalue weighted by molar-refractivity contribution is -0.125. The monoisotopic (exact) mass is 292 g/mol. The number of anilines is 1. The second kappa shape index (κ2) is 6.28. The van der Waals surface area contributed by atoms with E-state index < -0.39 is 6.04 Å². The number of carbonyl (C=O) groups excluding carboxylic acids is 2. The van der Waals surface area contributed by atoms with Crippen molar-refractivity contribution in [2.24, 2.45) is 5.92 Å². The fourth-order valence-electron chi connectivity index (χ4n) is 2.48. The molecule has 2 heterocycles. The van der Waals surface area contributed by atoms with E-state index in [-0.39, 0.29) is 17.9 Å². The molecule has 0 spiro atoms. The fraction of sp³-hybridized carbons (Fsp3) is 0.667. The molecule has 6 heteroatoms. The number of amides is 2. The molecule has 1 aromatic rings. The zero-order valence-corrected chi connectivity index (χ0v) is 13.2. The second-order valence-electron chi connectivity index (χ2n) is 6.26. The maximum Gasteiger partial charge on any atom is 0.249 e. The van der Waals surface area contributed by atoms with Crippen LogP contribution in [0.2, 0.25) is 0 Å². The first kappa shape index (κ1) is 15.5. The molecular weight excluding hydrogens is 268 g/mol. The third kappa shape index (κ3) is 3.62. The summed E-state index contributed by atoms with van der Waals surface area (Å²) < 4.78 is 1.82. The molecule has 1 saturated heterocycles. The van der Waals surface area contributed by atoms with Gasteiger partial charge in [0, 0.05) is 25.2 Å². The zero-order valence-electron chi connectivity index (χ0n) is 13.2. The summed E-state index contributed by atoms with van der Waals surface area (Å²) in [6.45, 7) is 8.57. The van der Waals surface area contributed by atoms with Crippen molar-refractivity contribution in [3.05, 3.63) is 12.4 Å². The molecule has 1 aliphatic rings. The molecule has 1 atom stereocenters. The summed E-state index contributed by atoms with van der Waals surface area (Å²) in [5.41, 5.74) is 0.763. The molecule has 0 saturated carbocycles. The van der Waals surface area contributed by atoms with Crippen molar-refractivity contribution >= 4 is 17.5 Å². The van der Waals surface area contributed by atoms with Crippen LogP contribution >= 0.6 is 0 Å². The number of hydrogen-bond donors (Lipinski definition) is 1. The van der Waals surface area contributed by atoms with Crippen molar-refractivity contribution < 1.29 is 9.59 Å². The number of carbonyl (C=O) groups is 2. The Balaban J connectivity index is 2.23. The number of rotatable bonds is 4. The third-order valence-electron chi connectivity index (χ3n) is 3.60. The predicted octanol–water partition coefficient (Wildman–Crippen LogP) is 1.73. The Morgan fingerprint density at radius 1 is 1.33 bits per heavy atom. The Kier molecular flexibility index (Phi) is 4.65. The first-order chi connectivity index (χ1) is 9.88. The SMILES string of the molecule is CC(C)CC1NC(=O)CCN(c2cnn(C(C)C)c2)C1=O. The third-order valence-corrected chi connectivity index (χ3v) is 3.60. The first-order valence-electron chi connectivity index (χ1n) is 7.53. The molecule has 1 aliphatic heterocycles. The standard InChI is InChI=1S/C15H24N4O2/c1-10(2)7-13-15(21)18(6-5-14(20)17-13)12-8-16-19(9-12)11(3)4/h8-11,13H,5-7H2,1-4H3,(H,17,20). The van der Waals surface area contributed by atoms with Gasteiger partial charge in [-0.3, -0.25) is 14.3 Å². The molecule has 0 aromatic carbocycles. The lowest BCUT2D eigenvalue weighted by Crippen LogP contribution is -2.45. The van der Waals surface area contributed by atoms with Crippen molar-refractivity contribution in [1.29, 1.82) is 0 Å². The van der Waals surface area contributed by atoms with Crippen LogP contribution in [-0.2, 0) is 9.59 Å². The Morgan fingerprint density at radius 3 is 2.62 bits per heavy atom. The molecule has 0 aliphatic carbocycles. The smallest absolute Gasteiger partial charge is 0.249 e. The molecule has 1 aromatic heterocycles. The van der Waals surface area contributed by atoms with Gasteiger partial charge in [-0.25, -0.2) is 0 Å². The van der Waals surface area contributed by atoms with E-state index in [1.54, 1.807) is 11.1 Å². The number of aromatic nitrogens is 2. The van der Waals surface area contributed by atoms with E-state index in [0.29, 0.717) is 25.3 Å². The van der Waals surface area contributed by atoms with Crippen molar-refractivity contribution in [1.82, 2.24) is 15.1 Å². The van der Waals surface area contributed by atoms with Gasteiger partial charge >= 0.3 is 0 Å². The summed E-state index contributed by atoms with van der Waals surface area (Å²) in [6.07, 6.45) is 4.54. The highest BCUT2D eigenvalue weighted by Crippen LogP contribution is 2.20. The molecular formula is C15H24N4O2. The topological polar surface area (TPSA) is 67.2 Å². The van der Waals surface area contributed by atoms with Crippen LogP contribution in [0, 0.1) is 5.92 Å². The zero-order chi connectivity index (χ0) is 15.6. The summed E-state index contributed by atoms with van der Waals surface area (Å²) in [4.78, 5) is 26.2. The van der Waals surface area contributed by atoms with Gasteiger partial charge in [0.25, 0.3) is 0 Å². The fourth-order valence-corrected chi connectivity index (χ4v) is 2.48. The van der Waals surface area contributed by atoms with Gasteiger partial charge in [-0.05, 0) is 26.2 Å². The van der Waals surface area contributed by atoms with Crippen LogP contribution in [0.1, 0.15) is 46.6 Å². The second-order valence-corrected chi connectivity index (χ2v) is 6.26. The molecule has 6 nitrogen and oxygen atoms in total. The van der Waals surface area contributed by atoms with E-state index in [2.05, 4.69) is 10.4 Å². The lowest BCUT2D eigenvalue weighted by atomic mass is 10.0. The van der Waals surface area contributed by atoms with E-state index in [1.165, 1.54) is 0 Å². The highest BCUT2D eigenvalue weighted by atomic mass is 16.2. The summed E-state index contributed by atoms with van der Waals surface area (Å²) >= 11 is 0. The normalized spacial score (nSPS) is 20.1. The van der Waals surface area contributed by atoms with E-state index in [4.69, 9.17) is 0 Å². The number of nitrogens with one attached hydrogen (secondary N) is 1. The number of hydrogen-bond acceptors (Lipinski definition) is 3. The van der Waals surface area contributed by atoms with E-state index in [9.17, 15) is 9.59 Å². The van der Waals surface area contributed by atoms with E-state index >= 15 is 0 Å². The summed E-state index contributed by atoms with van der Waals surface area (Å²) in [5.74, 6) is 0.239. The molecule has 116 valence electrons. The molecule has 21 heavy (non-hydrogen) atoms. The minimum absolute atomic E-state index is 0.0437. The van der Waals surface area contributed by atoms with Crippen molar-refractivity contribution in [2.75, 3.05) is 11.4 Å². The van der Waals surface area contributed by atoms with Gasteiger partial charge in [0.15, 0.2) is 0 Å². The van der Waals surface area contributed by atoms with E-state index in [1.807, 2.05) is 38.6 Å². The Hall–Kier alpha value is -1.85. The molecule has 1 fully saturated rings. The average molecular weight is 292 g/mol. The number of nitrogens with zero attached hydrogens (tertiary/aromatic N) is 3.